The zero-order chi connectivity index (χ0) is 22.5. The van der Waals surface area contributed by atoms with Crippen LogP contribution in [0.15, 0.2) is 48.7 Å². The summed E-state index contributed by atoms with van der Waals surface area (Å²) >= 11 is 0. The maximum atomic E-state index is 13.3. The highest BCUT2D eigenvalue weighted by Gasteiger charge is 2.46. The number of carbonyl (C=O) groups excluding carboxylic acids is 2. The minimum Gasteiger partial charge on any atom is -0.353 e. The second-order valence-electron chi connectivity index (χ2n) is 9.75. The molecule has 2 atom stereocenters. The van der Waals surface area contributed by atoms with E-state index >= 15 is 0 Å². The Morgan fingerprint density at radius 2 is 1.61 bits per heavy atom. The van der Waals surface area contributed by atoms with Gasteiger partial charge in [0.1, 0.15) is 0 Å². The van der Waals surface area contributed by atoms with Gasteiger partial charge in [-0.05, 0) is 41.9 Å². The molecule has 1 heterocycles. The average molecular weight is 424 g/mol. The highest BCUT2D eigenvalue weighted by atomic mass is 16.2. The third kappa shape index (κ3) is 6.22. The number of hydrogen-bond donors (Lipinski definition) is 0. The minimum atomic E-state index is 0.000345. The van der Waals surface area contributed by atoms with Gasteiger partial charge < -0.3 is 14.4 Å². The van der Waals surface area contributed by atoms with Crippen LogP contribution in [0.25, 0.3) is 0 Å². The predicted octanol–water partition coefficient (Wildman–Crippen LogP) is 4.30. The van der Waals surface area contributed by atoms with Crippen LogP contribution in [0.4, 0.5) is 0 Å². The first-order chi connectivity index (χ1) is 14.8. The van der Waals surface area contributed by atoms with Crippen molar-refractivity contribution in [2.24, 2.45) is 24.8 Å². The van der Waals surface area contributed by atoms with E-state index in [1.165, 1.54) is 5.56 Å². The Hall–Kier alpha value is -2.56. The second kappa shape index (κ2) is 10.2. The SMILES string of the molecule is CC(C)CN(Cc1cccn1C)C(=O)CN(CC(C)C)C(=O)[C@@H]1C[C@H]1c1ccccc1. The molecule has 0 unspecified atom stereocenters. The van der Waals surface area contributed by atoms with Gasteiger partial charge in [0.05, 0.1) is 13.1 Å². The molecule has 5 heteroatoms. The van der Waals surface area contributed by atoms with E-state index < -0.39 is 0 Å². The molecule has 168 valence electrons. The third-order valence-electron chi connectivity index (χ3n) is 5.90. The van der Waals surface area contributed by atoms with Gasteiger partial charge in [0.25, 0.3) is 0 Å². The number of nitrogens with zero attached hydrogens (tertiary/aromatic N) is 3. The van der Waals surface area contributed by atoms with Crippen LogP contribution in [-0.4, -0.2) is 45.8 Å². The molecule has 1 fully saturated rings. The molecule has 2 aromatic rings. The maximum absolute atomic E-state index is 13.3. The lowest BCUT2D eigenvalue weighted by Gasteiger charge is -2.30. The van der Waals surface area contributed by atoms with Crippen molar-refractivity contribution in [3.05, 3.63) is 59.9 Å². The molecule has 31 heavy (non-hydrogen) atoms. The normalized spacial score (nSPS) is 17.8. The standard InChI is InChI=1S/C26H37N3O2/c1-19(2)15-28(17-22-12-9-13-27(22)5)25(30)18-29(16-20(3)4)26(31)24-14-23(24)21-10-7-6-8-11-21/h6-13,19-20,23-24H,14-18H2,1-5H3/t23-,24+/m0/s1. The van der Waals surface area contributed by atoms with Crippen molar-refractivity contribution >= 4 is 11.8 Å². The Balaban J connectivity index is 1.70. The zero-order valence-electron chi connectivity index (χ0n) is 19.6. The van der Waals surface area contributed by atoms with Crippen molar-refractivity contribution in [2.75, 3.05) is 19.6 Å². The minimum absolute atomic E-state index is 0.000345. The molecule has 1 aromatic heterocycles. The second-order valence-corrected chi connectivity index (χ2v) is 9.75. The Labute approximate surface area is 187 Å². The van der Waals surface area contributed by atoms with E-state index in [0.29, 0.717) is 31.5 Å². The van der Waals surface area contributed by atoms with Gasteiger partial charge in [-0.2, -0.15) is 0 Å². The maximum Gasteiger partial charge on any atom is 0.242 e. The molecule has 0 aliphatic heterocycles. The summed E-state index contributed by atoms with van der Waals surface area (Å²) in [4.78, 5) is 30.4. The quantitative estimate of drug-likeness (QED) is 0.572. The van der Waals surface area contributed by atoms with Crippen molar-refractivity contribution in [3.8, 4) is 0 Å². The molecule has 5 nitrogen and oxygen atoms in total. The van der Waals surface area contributed by atoms with Crippen LogP contribution in [0.2, 0.25) is 0 Å². The van der Waals surface area contributed by atoms with Gasteiger partial charge in [0.2, 0.25) is 11.8 Å². The molecule has 1 aliphatic carbocycles. The van der Waals surface area contributed by atoms with E-state index in [2.05, 4.69) is 39.8 Å². The molecular weight excluding hydrogens is 386 g/mol. The largest absolute Gasteiger partial charge is 0.353 e. The Bertz CT molecular complexity index is 872. The molecule has 0 bridgehead atoms. The first kappa shape index (κ1) is 23.1. The molecule has 2 amide bonds. The van der Waals surface area contributed by atoms with Crippen LogP contribution < -0.4 is 0 Å². The number of aryl methyl sites for hydroxylation is 1. The molecule has 0 N–H and O–H groups in total. The van der Waals surface area contributed by atoms with E-state index in [4.69, 9.17) is 0 Å². The summed E-state index contributed by atoms with van der Waals surface area (Å²) in [5.74, 6) is 1.12. The lowest BCUT2D eigenvalue weighted by Crippen LogP contribution is -2.45. The molecular formula is C26H37N3O2. The number of amides is 2. The van der Waals surface area contributed by atoms with E-state index in [-0.39, 0.29) is 30.2 Å². The number of aromatic nitrogens is 1. The van der Waals surface area contributed by atoms with Crippen LogP contribution in [0.1, 0.15) is 51.3 Å². The topological polar surface area (TPSA) is 45.6 Å². The number of benzene rings is 1. The highest BCUT2D eigenvalue weighted by molar-refractivity contribution is 5.88. The van der Waals surface area contributed by atoms with Crippen LogP contribution in [0, 0.1) is 17.8 Å². The molecule has 1 aromatic carbocycles. The fourth-order valence-corrected chi connectivity index (χ4v) is 4.26. The number of rotatable bonds is 10. The van der Waals surface area contributed by atoms with Gasteiger partial charge >= 0.3 is 0 Å². The van der Waals surface area contributed by atoms with E-state index in [9.17, 15) is 9.59 Å². The summed E-state index contributed by atoms with van der Waals surface area (Å²) in [6, 6.07) is 14.3. The van der Waals surface area contributed by atoms with E-state index in [0.717, 1.165) is 12.1 Å². The zero-order valence-corrected chi connectivity index (χ0v) is 19.6. The monoisotopic (exact) mass is 423 g/mol. The molecule has 1 saturated carbocycles. The summed E-state index contributed by atoms with van der Waals surface area (Å²) < 4.78 is 2.05. The summed E-state index contributed by atoms with van der Waals surface area (Å²) in [6.45, 7) is 10.5. The lowest BCUT2D eigenvalue weighted by atomic mass is 10.1. The van der Waals surface area contributed by atoms with Crippen LogP contribution in [0.5, 0.6) is 0 Å². The van der Waals surface area contributed by atoms with Gasteiger partial charge in [0.15, 0.2) is 0 Å². The smallest absolute Gasteiger partial charge is 0.242 e. The van der Waals surface area contributed by atoms with E-state index in [1.807, 2.05) is 53.0 Å². The number of carbonyl (C=O) groups is 2. The van der Waals surface area contributed by atoms with Crippen molar-refractivity contribution in [1.29, 1.82) is 0 Å². The van der Waals surface area contributed by atoms with Gasteiger partial charge in [-0.25, -0.2) is 0 Å². The fourth-order valence-electron chi connectivity index (χ4n) is 4.26. The summed E-state index contributed by atoms with van der Waals surface area (Å²) in [5.41, 5.74) is 2.32. The van der Waals surface area contributed by atoms with Gasteiger partial charge in [-0.1, -0.05) is 58.0 Å². The first-order valence-corrected chi connectivity index (χ1v) is 11.5. The Morgan fingerprint density at radius 3 is 2.19 bits per heavy atom. The first-order valence-electron chi connectivity index (χ1n) is 11.5. The lowest BCUT2D eigenvalue weighted by molar-refractivity contribution is -0.142. The predicted molar refractivity (Wildman–Crippen MR) is 124 cm³/mol. The third-order valence-corrected chi connectivity index (χ3v) is 5.90. The van der Waals surface area contributed by atoms with Crippen molar-refractivity contribution in [1.82, 2.24) is 14.4 Å². The highest BCUT2D eigenvalue weighted by Crippen LogP contribution is 2.48. The molecule has 3 rings (SSSR count). The van der Waals surface area contributed by atoms with Crippen molar-refractivity contribution in [3.63, 3.8) is 0 Å². The molecule has 1 aliphatic rings. The van der Waals surface area contributed by atoms with Crippen LogP contribution >= 0.6 is 0 Å². The van der Waals surface area contributed by atoms with Crippen LogP contribution in [-0.2, 0) is 23.2 Å². The van der Waals surface area contributed by atoms with Crippen molar-refractivity contribution in [2.45, 2.75) is 46.6 Å². The summed E-state index contributed by atoms with van der Waals surface area (Å²) in [6.07, 6.45) is 2.88. The van der Waals surface area contributed by atoms with Gasteiger partial charge in [-0.15, -0.1) is 0 Å². The van der Waals surface area contributed by atoms with E-state index in [1.54, 1.807) is 4.90 Å². The summed E-state index contributed by atoms with van der Waals surface area (Å²) in [7, 11) is 2.00. The fraction of sp³-hybridized carbons (Fsp3) is 0.538. The Kier molecular flexibility index (Phi) is 7.58. The molecule has 0 radical (unpaired) electrons. The Morgan fingerprint density at radius 1 is 0.968 bits per heavy atom. The summed E-state index contributed by atoms with van der Waals surface area (Å²) in [5, 5.41) is 0. The average Bonchev–Trinajstić information content (AvgIpc) is 3.42. The van der Waals surface area contributed by atoms with Gasteiger partial charge in [-0.3, -0.25) is 9.59 Å². The van der Waals surface area contributed by atoms with Crippen LogP contribution in [0.3, 0.4) is 0 Å². The number of hydrogen-bond acceptors (Lipinski definition) is 2. The molecule has 0 saturated heterocycles. The molecule has 0 spiro atoms. The van der Waals surface area contributed by atoms with Gasteiger partial charge in [0, 0.05) is 37.9 Å². The van der Waals surface area contributed by atoms with Crippen molar-refractivity contribution < 1.29 is 9.59 Å².